The fourth-order valence-corrected chi connectivity index (χ4v) is 1.77. The molecule has 17 heavy (non-hydrogen) atoms. The first kappa shape index (κ1) is 11.6. The van der Waals surface area contributed by atoms with Gasteiger partial charge in [-0.1, -0.05) is 36.4 Å². The number of nitrogens with zero attached hydrogens (tertiary/aromatic N) is 1. The van der Waals surface area contributed by atoms with Gasteiger partial charge in [0.1, 0.15) is 5.84 Å². The van der Waals surface area contributed by atoms with Crippen LogP contribution in [0.4, 0.5) is 0 Å². The molecule has 2 rings (SSSR count). The second kappa shape index (κ2) is 4.21. The van der Waals surface area contributed by atoms with Gasteiger partial charge in [0.05, 0.1) is 5.54 Å². The van der Waals surface area contributed by atoms with Crippen LogP contribution in [0.1, 0.15) is 26.3 Å². The van der Waals surface area contributed by atoms with E-state index in [4.69, 9.17) is 5.73 Å². The van der Waals surface area contributed by atoms with E-state index in [1.165, 1.54) is 10.8 Å². The van der Waals surface area contributed by atoms with Gasteiger partial charge in [-0.3, -0.25) is 4.99 Å². The van der Waals surface area contributed by atoms with Crippen LogP contribution in [0.25, 0.3) is 10.8 Å². The number of hydrogen-bond donors (Lipinski definition) is 1. The van der Waals surface area contributed by atoms with Gasteiger partial charge in [-0.25, -0.2) is 0 Å². The van der Waals surface area contributed by atoms with E-state index in [2.05, 4.69) is 29.3 Å². The molecule has 2 heteroatoms. The summed E-state index contributed by atoms with van der Waals surface area (Å²) in [6.45, 7) is 6.13. The summed E-state index contributed by atoms with van der Waals surface area (Å²) < 4.78 is 0. The van der Waals surface area contributed by atoms with Gasteiger partial charge in [-0.15, -0.1) is 0 Å². The first-order valence-corrected chi connectivity index (χ1v) is 5.80. The summed E-state index contributed by atoms with van der Waals surface area (Å²) in [6.07, 6.45) is 0. The van der Waals surface area contributed by atoms with Crippen LogP contribution in [0.2, 0.25) is 0 Å². The van der Waals surface area contributed by atoms with E-state index in [1.54, 1.807) is 0 Å². The van der Waals surface area contributed by atoms with E-state index in [9.17, 15) is 0 Å². The summed E-state index contributed by atoms with van der Waals surface area (Å²) in [6, 6.07) is 14.4. The van der Waals surface area contributed by atoms with Gasteiger partial charge >= 0.3 is 0 Å². The molecule has 0 aliphatic rings. The normalized spacial score (nSPS) is 13.0. The Morgan fingerprint density at radius 3 is 2.29 bits per heavy atom. The minimum Gasteiger partial charge on any atom is -0.383 e. The molecule has 0 fully saturated rings. The van der Waals surface area contributed by atoms with Crippen molar-refractivity contribution in [3.63, 3.8) is 0 Å². The molecule has 0 heterocycles. The van der Waals surface area contributed by atoms with Crippen LogP contribution in [0.15, 0.2) is 47.5 Å². The molecule has 0 bridgehead atoms. The lowest BCUT2D eigenvalue weighted by Gasteiger charge is -2.14. The molecule has 2 N–H and O–H groups in total. The first-order valence-electron chi connectivity index (χ1n) is 5.80. The number of nitrogens with two attached hydrogens (primary N) is 1. The zero-order valence-corrected chi connectivity index (χ0v) is 10.6. The predicted octanol–water partition coefficient (Wildman–Crippen LogP) is 3.34. The summed E-state index contributed by atoms with van der Waals surface area (Å²) in [5.41, 5.74) is 6.86. The molecule has 2 aromatic carbocycles. The molecule has 0 aliphatic carbocycles. The standard InChI is InChI=1S/C15H18N2/c1-15(2,3)17-14(16)13-9-8-11-6-4-5-7-12(11)10-13/h4-10H,1-3H3,(H2,16,17). The number of benzene rings is 2. The average molecular weight is 226 g/mol. The van der Waals surface area contributed by atoms with Gasteiger partial charge in [0.15, 0.2) is 0 Å². The van der Waals surface area contributed by atoms with E-state index in [0.29, 0.717) is 5.84 Å². The molecule has 0 aromatic heterocycles. The molecule has 0 saturated heterocycles. The molecule has 0 radical (unpaired) electrons. The van der Waals surface area contributed by atoms with Crippen molar-refractivity contribution in [1.29, 1.82) is 0 Å². The highest BCUT2D eigenvalue weighted by Gasteiger charge is 2.09. The van der Waals surface area contributed by atoms with Crippen molar-refractivity contribution in [3.05, 3.63) is 48.0 Å². The van der Waals surface area contributed by atoms with E-state index in [0.717, 1.165) is 5.56 Å². The Balaban J connectivity index is 2.47. The Labute approximate surface area is 102 Å². The third-order valence-corrected chi connectivity index (χ3v) is 2.50. The summed E-state index contributed by atoms with van der Waals surface area (Å²) in [5.74, 6) is 0.600. The van der Waals surface area contributed by atoms with Crippen molar-refractivity contribution in [2.75, 3.05) is 0 Å². The van der Waals surface area contributed by atoms with E-state index >= 15 is 0 Å². The lowest BCUT2D eigenvalue weighted by molar-refractivity contribution is 0.583. The minimum atomic E-state index is -0.143. The quantitative estimate of drug-likeness (QED) is 0.587. The zero-order valence-electron chi connectivity index (χ0n) is 10.6. The van der Waals surface area contributed by atoms with Crippen molar-refractivity contribution < 1.29 is 0 Å². The van der Waals surface area contributed by atoms with Crippen molar-refractivity contribution >= 4 is 16.6 Å². The highest BCUT2D eigenvalue weighted by atomic mass is 14.9. The molecule has 0 unspecified atom stereocenters. The SMILES string of the molecule is CC(C)(C)N=C(N)c1ccc2ccccc2c1. The molecule has 88 valence electrons. The number of aliphatic imine (C=N–C) groups is 1. The molecule has 2 aromatic rings. The molecule has 0 saturated carbocycles. The maximum Gasteiger partial charge on any atom is 0.126 e. The van der Waals surface area contributed by atoms with Crippen LogP contribution in [0, 0.1) is 0 Å². The highest BCUT2D eigenvalue weighted by molar-refractivity contribution is 6.01. The maximum atomic E-state index is 6.02. The van der Waals surface area contributed by atoms with Crippen LogP contribution < -0.4 is 5.73 Å². The molecule has 0 atom stereocenters. The minimum absolute atomic E-state index is 0.143. The largest absolute Gasteiger partial charge is 0.383 e. The Morgan fingerprint density at radius 2 is 1.65 bits per heavy atom. The van der Waals surface area contributed by atoms with Gasteiger partial charge in [-0.05, 0) is 37.6 Å². The lowest BCUT2D eigenvalue weighted by Crippen LogP contribution is -2.21. The predicted molar refractivity (Wildman–Crippen MR) is 74.4 cm³/mol. The average Bonchev–Trinajstić information content (AvgIpc) is 2.26. The number of hydrogen-bond acceptors (Lipinski definition) is 1. The summed E-state index contributed by atoms with van der Waals surface area (Å²) in [5, 5.41) is 2.41. The van der Waals surface area contributed by atoms with Crippen LogP contribution in [-0.4, -0.2) is 11.4 Å². The maximum absolute atomic E-state index is 6.02. The van der Waals surface area contributed by atoms with Crippen molar-refractivity contribution in [2.45, 2.75) is 26.3 Å². The molecular weight excluding hydrogens is 208 g/mol. The zero-order chi connectivity index (χ0) is 12.5. The number of rotatable bonds is 1. The van der Waals surface area contributed by atoms with Gasteiger partial charge in [0.2, 0.25) is 0 Å². The van der Waals surface area contributed by atoms with Crippen molar-refractivity contribution in [1.82, 2.24) is 0 Å². The topological polar surface area (TPSA) is 38.4 Å². The fourth-order valence-electron chi connectivity index (χ4n) is 1.77. The molecule has 0 amide bonds. The lowest BCUT2D eigenvalue weighted by atomic mass is 10.1. The highest BCUT2D eigenvalue weighted by Crippen LogP contribution is 2.16. The van der Waals surface area contributed by atoms with Gasteiger partial charge in [0, 0.05) is 5.56 Å². The van der Waals surface area contributed by atoms with Crippen LogP contribution in [0.5, 0.6) is 0 Å². The monoisotopic (exact) mass is 226 g/mol. The first-order chi connectivity index (χ1) is 7.96. The second-order valence-electron chi connectivity index (χ2n) is 5.23. The van der Waals surface area contributed by atoms with Crippen molar-refractivity contribution in [2.24, 2.45) is 10.7 Å². The van der Waals surface area contributed by atoms with Crippen molar-refractivity contribution in [3.8, 4) is 0 Å². The Morgan fingerprint density at radius 1 is 1.00 bits per heavy atom. The molecular formula is C15H18N2. The Bertz CT molecular complexity index is 562. The molecule has 2 nitrogen and oxygen atoms in total. The van der Waals surface area contributed by atoms with E-state index < -0.39 is 0 Å². The van der Waals surface area contributed by atoms with Gasteiger partial charge < -0.3 is 5.73 Å². The molecule has 0 spiro atoms. The number of amidine groups is 1. The van der Waals surface area contributed by atoms with E-state index in [1.807, 2.05) is 39.0 Å². The van der Waals surface area contributed by atoms with Crippen LogP contribution in [-0.2, 0) is 0 Å². The van der Waals surface area contributed by atoms with Crippen LogP contribution >= 0.6 is 0 Å². The summed E-state index contributed by atoms with van der Waals surface area (Å²) in [4.78, 5) is 4.48. The van der Waals surface area contributed by atoms with E-state index in [-0.39, 0.29) is 5.54 Å². The summed E-state index contributed by atoms with van der Waals surface area (Å²) in [7, 11) is 0. The fraction of sp³-hybridized carbons (Fsp3) is 0.267. The molecule has 0 aliphatic heterocycles. The smallest absolute Gasteiger partial charge is 0.126 e. The third kappa shape index (κ3) is 2.84. The number of fused-ring (bicyclic) bond motifs is 1. The van der Waals surface area contributed by atoms with Gasteiger partial charge in [-0.2, -0.15) is 0 Å². The summed E-state index contributed by atoms with van der Waals surface area (Å²) >= 11 is 0. The third-order valence-electron chi connectivity index (χ3n) is 2.50. The van der Waals surface area contributed by atoms with Gasteiger partial charge in [0.25, 0.3) is 0 Å². The Kier molecular flexibility index (Phi) is 2.88. The second-order valence-corrected chi connectivity index (χ2v) is 5.23. The van der Waals surface area contributed by atoms with Crippen LogP contribution in [0.3, 0.4) is 0 Å². The Hall–Kier alpha value is -1.83.